The van der Waals surface area contributed by atoms with Gasteiger partial charge in [-0.2, -0.15) is 5.26 Å². The number of nitrogens with zero attached hydrogens (tertiary/aromatic N) is 1. The standard InChI is InChI=1S/C25H22N2O3/c1-2-29-24-10-6-9-20(16-24)15-21(17-26)25(28)27-22-11-13-23(14-12-22)30-18-19-7-4-3-5-8-19/h3-16H,2,18H2,1H3,(H,27,28)/b21-15+. The first-order valence-corrected chi connectivity index (χ1v) is 9.60. The minimum absolute atomic E-state index is 0.00746. The predicted octanol–water partition coefficient (Wildman–Crippen LogP) is 5.21. The highest BCUT2D eigenvalue weighted by atomic mass is 16.5. The molecule has 1 amide bonds. The van der Waals surface area contributed by atoms with Crippen molar-refractivity contribution in [2.45, 2.75) is 13.5 Å². The lowest BCUT2D eigenvalue weighted by Gasteiger charge is -2.08. The summed E-state index contributed by atoms with van der Waals surface area (Å²) in [6, 6.07) is 26.1. The van der Waals surface area contributed by atoms with Gasteiger partial charge in [-0.25, -0.2) is 0 Å². The molecule has 30 heavy (non-hydrogen) atoms. The van der Waals surface area contributed by atoms with Gasteiger partial charge in [-0.3, -0.25) is 4.79 Å². The zero-order valence-electron chi connectivity index (χ0n) is 16.7. The van der Waals surface area contributed by atoms with Crippen molar-refractivity contribution in [3.8, 4) is 17.6 Å². The largest absolute Gasteiger partial charge is 0.494 e. The Hall–Kier alpha value is -4.04. The Morgan fingerprint density at radius 3 is 2.43 bits per heavy atom. The Balaban J connectivity index is 1.62. The molecule has 0 saturated carbocycles. The predicted molar refractivity (Wildman–Crippen MR) is 117 cm³/mol. The van der Waals surface area contributed by atoms with Crippen molar-refractivity contribution >= 4 is 17.7 Å². The van der Waals surface area contributed by atoms with Crippen LogP contribution < -0.4 is 14.8 Å². The van der Waals surface area contributed by atoms with Gasteiger partial charge in [0.25, 0.3) is 5.91 Å². The molecule has 0 aliphatic heterocycles. The maximum atomic E-state index is 12.5. The van der Waals surface area contributed by atoms with Crippen molar-refractivity contribution in [2.24, 2.45) is 0 Å². The maximum absolute atomic E-state index is 12.5. The van der Waals surface area contributed by atoms with Gasteiger partial charge in [-0.15, -0.1) is 0 Å². The lowest BCUT2D eigenvalue weighted by Crippen LogP contribution is -2.13. The molecule has 150 valence electrons. The quantitative estimate of drug-likeness (QED) is 0.418. The van der Waals surface area contributed by atoms with Crippen LogP contribution in [0.1, 0.15) is 18.1 Å². The van der Waals surface area contributed by atoms with E-state index in [0.29, 0.717) is 30.4 Å². The van der Waals surface area contributed by atoms with Gasteiger partial charge in [-0.1, -0.05) is 42.5 Å². The normalized spacial score (nSPS) is 10.7. The number of anilines is 1. The molecule has 0 heterocycles. The van der Waals surface area contributed by atoms with Crippen LogP contribution in [0, 0.1) is 11.3 Å². The van der Waals surface area contributed by atoms with Gasteiger partial charge in [0, 0.05) is 5.69 Å². The van der Waals surface area contributed by atoms with E-state index < -0.39 is 5.91 Å². The summed E-state index contributed by atoms with van der Waals surface area (Å²) in [5.74, 6) is 0.910. The molecule has 5 heteroatoms. The molecule has 0 bridgehead atoms. The van der Waals surface area contributed by atoms with E-state index in [1.807, 2.05) is 61.5 Å². The van der Waals surface area contributed by atoms with E-state index >= 15 is 0 Å². The van der Waals surface area contributed by atoms with Crippen molar-refractivity contribution in [1.82, 2.24) is 0 Å². The third-order valence-electron chi connectivity index (χ3n) is 4.21. The summed E-state index contributed by atoms with van der Waals surface area (Å²) in [7, 11) is 0. The summed E-state index contributed by atoms with van der Waals surface area (Å²) in [4.78, 5) is 12.5. The van der Waals surface area contributed by atoms with E-state index in [2.05, 4.69) is 5.32 Å². The van der Waals surface area contributed by atoms with Gasteiger partial charge in [0.15, 0.2) is 0 Å². The number of carbonyl (C=O) groups excluding carboxylic acids is 1. The first-order chi connectivity index (χ1) is 14.7. The SMILES string of the molecule is CCOc1cccc(/C=C(\C#N)C(=O)Nc2ccc(OCc3ccccc3)cc2)c1. The molecule has 3 aromatic rings. The molecule has 0 radical (unpaired) electrons. The molecule has 3 rings (SSSR count). The fourth-order valence-corrected chi connectivity index (χ4v) is 2.75. The van der Waals surface area contributed by atoms with E-state index in [9.17, 15) is 10.1 Å². The minimum atomic E-state index is -0.475. The van der Waals surface area contributed by atoms with E-state index in [1.54, 1.807) is 30.3 Å². The van der Waals surface area contributed by atoms with Gasteiger partial charge in [-0.05, 0) is 60.5 Å². The highest BCUT2D eigenvalue weighted by Crippen LogP contribution is 2.19. The smallest absolute Gasteiger partial charge is 0.266 e. The molecule has 1 N–H and O–H groups in total. The number of rotatable bonds is 8. The molecule has 0 spiro atoms. The van der Waals surface area contributed by atoms with Crippen molar-refractivity contribution < 1.29 is 14.3 Å². The van der Waals surface area contributed by atoms with E-state index in [1.165, 1.54) is 6.08 Å². The van der Waals surface area contributed by atoms with Crippen LogP contribution in [0.4, 0.5) is 5.69 Å². The highest BCUT2D eigenvalue weighted by molar-refractivity contribution is 6.09. The number of nitriles is 1. The van der Waals surface area contributed by atoms with Crippen LogP contribution in [0.5, 0.6) is 11.5 Å². The molecule has 0 aliphatic carbocycles. The molecule has 5 nitrogen and oxygen atoms in total. The summed E-state index contributed by atoms with van der Waals surface area (Å²) < 4.78 is 11.2. The Labute approximate surface area is 176 Å². The number of carbonyl (C=O) groups is 1. The van der Waals surface area contributed by atoms with E-state index in [0.717, 1.165) is 11.1 Å². The van der Waals surface area contributed by atoms with Crippen LogP contribution in [-0.4, -0.2) is 12.5 Å². The molecule has 0 fully saturated rings. The molecular formula is C25H22N2O3. The number of nitrogens with one attached hydrogen (secondary N) is 1. The summed E-state index contributed by atoms with van der Waals surface area (Å²) in [6.45, 7) is 2.91. The molecule has 0 aliphatic rings. The Morgan fingerprint density at radius 1 is 0.967 bits per heavy atom. The van der Waals surface area contributed by atoms with Crippen molar-refractivity contribution in [3.05, 3.63) is 95.6 Å². The van der Waals surface area contributed by atoms with Crippen LogP contribution in [-0.2, 0) is 11.4 Å². The third-order valence-corrected chi connectivity index (χ3v) is 4.21. The molecular weight excluding hydrogens is 376 g/mol. The number of hydrogen-bond donors (Lipinski definition) is 1. The molecule has 0 atom stereocenters. The van der Waals surface area contributed by atoms with Gasteiger partial charge in [0.1, 0.15) is 29.7 Å². The van der Waals surface area contributed by atoms with Crippen molar-refractivity contribution in [1.29, 1.82) is 5.26 Å². The van der Waals surface area contributed by atoms with Gasteiger partial charge >= 0.3 is 0 Å². The molecule has 0 aromatic heterocycles. The first-order valence-electron chi connectivity index (χ1n) is 9.60. The molecule has 0 saturated heterocycles. The second-order valence-electron chi connectivity index (χ2n) is 6.43. The second-order valence-corrected chi connectivity index (χ2v) is 6.43. The summed E-state index contributed by atoms with van der Waals surface area (Å²) in [5, 5.41) is 12.1. The second kappa shape index (κ2) is 10.5. The number of ether oxygens (including phenoxy) is 2. The maximum Gasteiger partial charge on any atom is 0.266 e. The average Bonchev–Trinajstić information content (AvgIpc) is 2.78. The highest BCUT2D eigenvalue weighted by Gasteiger charge is 2.10. The van der Waals surface area contributed by atoms with Crippen LogP contribution >= 0.6 is 0 Å². The zero-order chi connectivity index (χ0) is 21.2. The molecule has 3 aromatic carbocycles. The van der Waals surface area contributed by atoms with E-state index in [4.69, 9.17) is 9.47 Å². The number of hydrogen-bond acceptors (Lipinski definition) is 4. The van der Waals surface area contributed by atoms with Crippen LogP contribution in [0.2, 0.25) is 0 Å². The Kier molecular flexibility index (Phi) is 7.23. The summed E-state index contributed by atoms with van der Waals surface area (Å²) in [6.07, 6.45) is 1.54. The van der Waals surface area contributed by atoms with Gasteiger partial charge in [0.05, 0.1) is 6.61 Å². The van der Waals surface area contributed by atoms with Crippen LogP contribution in [0.15, 0.2) is 84.4 Å². The monoisotopic (exact) mass is 398 g/mol. The lowest BCUT2D eigenvalue weighted by molar-refractivity contribution is -0.112. The fourth-order valence-electron chi connectivity index (χ4n) is 2.75. The average molecular weight is 398 g/mol. The topological polar surface area (TPSA) is 71.3 Å². The number of benzene rings is 3. The lowest BCUT2D eigenvalue weighted by atomic mass is 10.1. The van der Waals surface area contributed by atoms with Gasteiger partial charge in [0.2, 0.25) is 0 Å². The third kappa shape index (κ3) is 5.98. The zero-order valence-corrected chi connectivity index (χ0v) is 16.7. The van der Waals surface area contributed by atoms with Crippen molar-refractivity contribution in [2.75, 3.05) is 11.9 Å². The Bertz CT molecular complexity index is 1050. The summed E-state index contributed by atoms with van der Waals surface area (Å²) in [5.41, 5.74) is 2.38. The van der Waals surface area contributed by atoms with Crippen molar-refractivity contribution in [3.63, 3.8) is 0 Å². The van der Waals surface area contributed by atoms with Crippen LogP contribution in [0.25, 0.3) is 6.08 Å². The Morgan fingerprint density at radius 2 is 1.73 bits per heavy atom. The van der Waals surface area contributed by atoms with Gasteiger partial charge < -0.3 is 14.8 Å². The fraction of sp³-hybridized carbons (Fsp3) is 0.120. The molecule has 0 unspecified atom stereocenters. The first kappa shape index (κ1) is 20.7. The summed E-state index contributed by atoms with van der Waals surface area (Å²) >= 11 is 0. The number of amides is 1. The minimum Gasteiger partial charge on any atom is -0.494 e. The van der Waals surface area contributed by atoms with Crippen LogP contribution in [0.3, 0.4) is 0 Å². The van der Waals surface area contributed by atoms with E-state index in [-0.39, 0.29) is 5.57 Å².